The highest BCUT2D eigenvalue weighted by Crippen LogP contribution is 2.27. The van der Waals surface area contributed by atoms with Crippen molar-refractivity contribution in [1.82, 2.24) is 20.0 Å². The summed E-state index contributed by atoms with van der Waals surface area (Å²) in [5.41, 5.74) is 2.04. The van der Waals surface area contributed by atoms with E-state index in [-0.39, 0.29) is 5.91 Å². The number of aromatic nitrogens is 2. The minimum absolute atomic E-state index is 0.191. The molecule has 1 saturated heterocycles. The van der Waals surface area contributed by atoms with Crippen molar-refractivity contribution in [3.05, 3.63) is 47.4 Å². The maximum atomic E-state index is 12.8. The number of benzene rings is 1. The molecule has 1 aliphatic heterocycles. The lowest BCUT2D eigenvalue weighted by molar-refractivity contribution is -0.122. The summed E-state index contributed by atoms with van der Waals surface area (Å²) in [5.74, 6) is 1.13. The van der Waals surface area contributed by atoms with Crippen LogP contribution in [-0.2, 0) is 17.9 Å². The summed E-state index contributed by atoms with van der Waals surface area (Å²) in [6.45, 7) is 3.15. The quantitative estimate of drug-likeness (QED) is 0.619. The summed E-state index contributed by atoms with van der Waals surface area (Å²) in [6, 6.07) is 5.39. The number of amides is 1. The Morgan fingerprint density at radius 2 is 2.12 bits per heavy atom. The van der Waals surface area contributed by atoms with E-state index in [0.29, 0.717) is 28.9 Å². The molecule has 2 heterocycles. The zero-order valence-corrected chi connectivity index (χ0v) is 15.7. The third-order valence-corrected chi connectivity index (χ3v) is 4.37. The van der Waals surface area contributed by atoms with Crippen LogP contribution in [0.1, 0.15) is 18.1 Å². The third kappa shape index (κ3) is 3.55. The Labute approximate surface area is 157 Å². The highest BCUT2D eigenvalue weighted by molar-refractivity contribution is 7.80. The molecule has 1 aromatic heterocycles. The number of thiocarbonyl (C=S) groups is 1. The lowest BCUT2D eigenvalue weighted by Gasteiger charge is -2.12. The second-order valence-corrected chi connectivity index (χ2v) is 6.08. The molecular formula is C18H20N4O3S. The minimum atomic E-state index is -0.191. The van der Waals surface area contributed by atoms with E-state index >= 15 is 0 Å². The molecule has 7 nitrogen and oxygen atoms in total. The van der Waals surface area contributed by atoms with Gasteiger partial charge >= 0.3 is 0 Å². The number of nitrogens with one attached hydrogen (secondary N) is 1. The van der Waals surface area contributed by atoms with Crippen molar-refractivity contribution >= 4 is 29.3 Å². The molecule has 136 valence electrons. The Kier molecular flexibility index (Phi) is 5.22. The van der Waals surface area contributed by atoms with Gasteiger partial charge in [-0.1, -0.05) is 0 Å². The van der Waals surface area contributed by atoms with Crippen LogP contribution in [-0.4, -0.2) is 39.9 Å². The molecule has 3 rings (SSSR count). The fourth-order valence-electron chi connectivity index (χ4n) is 2.67. The predicted octanol–water partition coefficient (Wildman–Crippen LogP) is 2.18. The van der Waals surface area contributed by atoms with Gasteiger partial charge in [0, 0.05) is 23.9 Å². The highest BCUT2D eigenvalue weighted by Gasteiger charge is 2.31. The molecule has 0 spiro atoms. The maximum absolute atomic E-state index is 12.8. The molecule has 0 atom stereocenters. The van der Waals surface area contributed by atoms with Crippen molar-refractivity contribution < 1.29 is 14.3 Å². The summed E-state index contributed by atoms with van der Waals surface area (Å²) in [6.07, 6.45) is 5.36. The zero-order chi connectivity index (χ0) is 18.7. The number of carbonyl (C=O) groups is 1. The van der Waals surface area contributed by atoms with Crippen LogP contribution in [0, 0.1) is 0 Å². The van der Waals surface area contributed by atoms with Gasteiger partial charge in [-0.2, -0.15) is 5.10 Å². The van der Waals surface area contributed by atoms with Crippen LogP contribution in [0.25, 0.3) is 6.08 Å². The molecule has 0 radical (unpaired) electrons. The average Bonchev–Trinajstić information content (AvgIpc) is 3.21. The number of rotatable bonds is 6. The van der Waals surface area contributed by atoms with E-state index in [1.54, 1.807) is 44.7 Å². The highest BCUT2D eigenvalue weighted by atomic mass is 32.1. The number of hydrogen-bond acceptors (Lipinski definition) is 5. The molecular weight excluding hydrogens is 352 g/mol. The zero-order valence-electron chi connectivity index (χ0n) is 14.9. The monoisotopic (exact) mass is 372 g/mol. The fraction of sp³-hybridized carbons (Fsp3) is 0.278. The first-order valence-corrected chi connectivity index (χ1v) is 8.54. The van der Waals surface area contributed by atoms with Crippen molar-refractivity contribution in [3.63, 3.8) is 0 Å². The second-order valence-electron chi connectivity index (χ2n) is 5.69. The Morgan fingerprint density at radius 3 is 2.77 bits per heavy atom. The molecule has 26 heavy (non-hydrogen) atoms. The van der Waals surface area contributed by atoms with Crippen molar-refractivity contribution in [3.8, 4) is 11.5 Å². The third-order valence-electron chi connectivity index (χ3n) is 4.05. The van der Waals surface area contributed by atoms with Gasteiger partial charge in [-0.25, -0.2) is 0 Å². The Balaban J connectivity index is 1.85. The average molecular weight is 372 g/mol. The van der Waals surface area contributed by atoms with Crippen LogP contribution in [0.4, 0.5) is 0 Å². The van der Waals surface area contributed by atoms with Crippen LogP contribution in [0.2, 0.25) is 0 Å². The van der Waals surface area contributed by atoms with Crippen LogP contribution in [0.15, 0.2) is 36.3 Å². The number of methoxy groups -OCH3 is 2. The topological polar surface area (TPSA) is 68.6 Å². The second kappa shape index (κ2) is 7.57. The lowest BCUT2D eigenvalue weighted by Crippen LogP contribution is -2.29. The molecule has 1 fully saturated rings. The molecule has 8 heteroatoms. The van der Waals surface area contributed by atoms with E-state index in [9.17, 15) is 4.79 Å². The number of hydrogen-bond donors (Lipinski definition) is 1. The van der Waals surface area contributed by atoms with Gasteiger partial charge in [0.25, 0.3) is 5.91 Å². The number of ether oxygens (including phenoxy) is 2. The van der Waals surface area contributed by atoms with Crippen molar-refractivity contribution in [1.29, 1.82) is 0 Å². The van der Waals surface area contributed by atoms with Gasteiger partial charge in [0.1, 0.15) is 17.2 Å². The summed E-state index contributed by atoms with van der Waals surface area (Å²) < 4.78 is 12.4. The van der Waals surface area contributed by atoms with Crippen LogP contribution in [0.3, 0.4) is 0 Å². The van der Waals surface area contributed by atoms with Crippen LogP contribution in [0.5, 0.6) is 11.5 Å². The van der Waals surface area contributed by atoms with Gasteiger partial charge in [-0.3, -0.25) is 14.4 Å². The maximum Gasteiger partial charge on any atom is 0.276 e. The first-order valence-electron chi connectivity index (χ1n) is 8.13. The van der Waals surface area contributed by atoms with Crippen LogP contribution < -0.4 is 14.8 Å². The molecule has 1 N–H and O–H groups in total. The van der Waals surface area contributed by atoms with E-state index < -0.39 is 0 Å². The van der Waals surface area contributed by atoms with Crippen molar-refractivity contribution in [2.45, 2.75) is 20.0 Å². The van der Waals surface area contributed by atoms with Gasteiger partial charge in [-0.15, -0.1) is 0 Å². The summed E-state index contributed by atoms with van der Waals surface area (Å²) in [4.78, 5) is 14.3. The molecule has 1 amide bonds. The van der Waals surface area contributed by atoms with E-state index in [1.807, 2.05) is 17.8 Å². The molecule has 2 aromatic rings. The van der Waals surface area contributed by atoms with E-state index in [0.717, 1.165) is 17.7 Å². The van der Waals surface area contributed by atoms with Gasteiger partial charge in [0.05, 0.1) is 27.0 Å². The summed E-state index contributed by atoms with van der Waals surface area (Å²) in [5, 5.41) is 7.57. The Hall–Kier alpha value is -2.87. The fourth-order valence-corrected chi connectivity index (χ4v) is 2.92. The number of aryl methyl sites for hydroxylation is 1. The van der Waals surface area contributed by atoms with Gasteiger partial charge in [0.2, 0.25) is 0 Å². The van der Waals surface area contributed by atoms with E-state index in [2.05, 4.69) is 10.4 Å². The van der Waals surface area contributed by atoms with Gasteiger partial charge < -0.3 is 14.8 Å². The first kappa shape index (κ1) is 17.9. The van der Waals surface area contributed by atoms with E-state index in [4.69, 9.17) is 21.7 Å². The Bertz CT molecular complexity index is 875. The molecule has 1 aliphatic rings. The predicted molar refractivity (Wildman–Crippen MR) is 102 cm³/mol. The summed E-state index contributed by atoms with van der Waals surface area (Å²) in [7, 11) is 3.17. The molecule has 0 aliphatic carbocycles. The van der Waals surface area contributed by atoms with Gasteiger partial charge in [-0.05, 0) is 43.4 Å². The van der Waals surface area contributed by atoms with Crippen LogP contribution >= 0.6 is 12.2 Å². The van der Waals surface area contributed by atoms with Gasteiger partial charge in [0.15, 0.2) is 5.11 Å². The molecule has 0 bridgehead atoms. The molecule has 0 unspecified atom stereocenters. The number of nitrogens with zero attached hydrogens (tertiary/aromatic N) is 3. The smallest absolute Gasteiger partial charge is 0.276 e. The normalized spacial score (nSPS) is 15.5. The lowest BCUT2D eigenvalue weighted by atomic mass is 10.1. The minimum Gasteiger partial charge on any atom is -0.497 e. The molecule has 0 saturated carbocycles. The van der Waals surface area contributed by atoms with Crippen molar-refractivity contribution in [2.75, 3.05) is 14.2 Å². The summed E-state index contributed by atoms with van der Waals surface area (Å²) >= 11 is 5.33. The SMILES string of the molecule is CCn1cc(CN2C(=O)/C(=C\c3cc(OC)ccc3OC)NC2=S)cn1. The Morgan fingerprint density at radius 1 is 1.31 bits per heavy atom. The first-order chi connectivity index (χ1) is 12.5. The standard InChI is InChI=1S/C18H20N4O3S/c1-4-21-10-12(9-19-21)11-22-17(23)15(20-18(22)26)8-13-7-14(24-2)5-6-16(13)25-3/h5-10H,4,11H2,1-3H3,(H,20,26)/b15-8+. The van der Waals surface area contributed by atoms with Crippen molar-refractivity contribution in [2.24, 2.45) is 0 Å². The number of carbonyl (C=O) groups excluding carboxylic acids is 1. The van der Waals surface area contributed by atoms with E-state index in [1.165, 1.54) is 4.90 Å². The largest absolute Gasteiger partial charge is 0.497 e. The molecule has 1 aromatic carbocycles.